The quantitative estimate of drug-likeness (QED) is 0.607. The zero-order chi connectivity index (χ0) is 18.6. The fourth-order valence-corrected chi connectivity index (χ4v) is 4.09. The average molecular weight is 374 g/mol. The second kappa shape index (κ2) is 7.88. The number of nitrogens with zero attached hydrogens (tertiary/aromatic N) is 2. The Morgan fingerprint density at radius 2 is 1.81 bits per heavy atom. The molecular weight excluding hydrogens is 352 g/mol. The average Bonchev–Trinajstić information content (AvgIpc) is 2.67. The largest absolute Gasteiger partial charge is 0.495 e. The molecule has 3 rings (SSSR count). The molecule has 6 nitrogen and oxygen atoms in total. The van der Waals surface area contributed by atoms with Crippen LogP contribution in [0, 0.1) is 6.92 Å². The van der Waals surface area contributed by atoms with E-state index in [1.807, 2.05) is 48.2 Å². The van der Waals surface area contributed by atoms with Gasteiger partial charge in [-0.05, 0) is 24.6 Å². The molecule has 0 unspecified atom stereocenters. The molecule has 1 aliphatic heterocycles. The summed E-state index contributed by atoms with van der Waals surface area (Å²) in [4.78, 5) is 2.01. The highest BCUT2D eigenvalue weighted by atomic mass is 32.2. The molecule has 0 aliphatic carbocycles. The Hall–Kier alpha value is -2.38. The first-order valence-electron chi connectivity index (χ1n) is 8.39. The third-order valence-electron chi connectivity index (χ3n) is 4.15. The number of hydrogen-bond donors (Lipinski definition) is 0. The van der Waals surface area contributed by atoms with Gasteiger partial charge in [0.15, 0.2) is 0 Å². The summed E-state index contributed by atoms with van der Waals surface area (Å²) in [5.41, 5.74) is 1.58. The maximum Gasteiger partial charge on any atom is 0.287 e. The summed E-state index contributed by atoms with van der Waals surface area (Å²) in [7, 11) is -2.49. The highest BCUT2D eigenvalue weighted by molar-refractivity contribution is 7.90. The Bertz CT molecular complexity index is 889. The summed E-state index contributed by atoms with van der Waals surface area (Å²) < 4.78 is 41.0. The molecule has 2 aromatic carbocycles. The summed E-state index contributed by atoms with van der Waals surface area (Å²) in [6, 6.07) is 14.4. The number of morpholine rings is 1. The Morgan fingerprint density at radius 1 is 1.12 bits per heavy atom. The smallest absolute Gasteiger partial charge is 0.287 e. The zero-order valence-electron chi connectivity index (χ0n) is 14.9. The second-order valence-corrected chi connectivity index (χ2v) is 7.58. The Labute approximate surface area is 154 Å². The van der Waals surface area contributed by atoms with Gasteiger partial charge in [0, 0.05) is 18.7 Å². The fraction of sp³-hybridized carbons (Fsp3) is 0.316. The van der Waals surface area contributed by atoms with Gasteiger partial charge in [-0.15, -0.1) is 4.40 Å². The van der Waals surface area contributed by atoms with Crippen molar-refractivity contribution in [2.45, 2.75) is 11.8 Å². The van der Waals surface area contributed by atoms with E-state index in [1.165, 1.54) is 7.11 Å². The minimum Gasteiger partial charge on any atom is -0.495 e. The van der Waals surface area contributed by atoms with E-state index in [4.69, 9.17) is 9.47 Å². The van der Waals surface area contributed by atoms with Crippen molar-refractivity contribution < 1.29 is 17.9 Å². The van der Waals surface area contributed by atoms with Crippen LogP contribution in [0.5, 0.6) is 5.75 Å². The Kier molecular flexibility index (Phi) is 5.58. The van der Waals surface area contributed by atoms with Crippen LogP contribution in [0.2, 0.25) is 0 Å². The van der Waals surface area contributed by atoms with Gasteiger partial charge >= 0.3 is 0 Å². The number of ether oxygens (including phenoxy) is 2. The molecule has 0 spiro atoms. The van der Waals surface area contributed by atoms with Crippen LogP contribution in [0.1, 0.15) is 11.1 Å². The maximum absolute atomic E-state index is 13.1. The number of hydrogen-bond acceptors (Lipinski definition) is 4. The van der Waals surface area contributed by atoms with E-state index in [-0.39, 0.29) is 10.6 Å². The van der Waals surface area contributed by atoms with Crippen LogP contribution in [0.3, 0.4) is 0 Å². The monoisotopic (exact) mass is 374 g/mol. The molecule has 0 atom stereocenters. The lowest BCUT2D eigenvalue weighted by Crippen LogP contribution is -2.41. The molecule has 0 amide bonds. The van der Waals surface area contributed by atoms with Crippen molar-refractivity contribution >= 4 is 15.9 Å². The van der Waals surface area contributed by atoms with Gasteiger partial charge in [0.05, 0.1) is 20.3 Å². The molecule has 0 aromatic heterocycles. The van der Waals surface area contributed by atoms with Crippen LogP contribution in [0.15, 0.2) is 57.8 Å². The van der Waals surface area contributed by atoms with Crippen molar-refractivity contribution in [1.82, 2.24) is 4.90 Å². The minimum atomic E-state index is -3.94. The topological polar surface area (TPSA) is 68.2 Å². The Morgan fingerprint density at radius 3 is 2.46 bits per heavy atom. The van der Waals surface area contributed by atoms with Crippen LogP contribution >= 0.6 is 0 Å². The van der Waals surface area contributed by atoms with Gasteiger partial charge in [0.2, 0.25) is 0 Å². The standard InChI is InChI=1S/C19H22N2O4S/c1-15-8-9-17(24-2)18(14-15)26(22,23)20-19(16-6-4-3-5-7-16)21-10-12-25-13-11-21/h3-9,14H,10-13H2,1-2H3. The lowest BCUT2D eigenvalue weighted by atomic mass is 10.2. The van der Waals surface area contributed by atoms with Crippen molar-refractivity contribution in [2.24, 2.45) is 4.40 Å². The summed E-state index contributed by atoms with van der Waals surface area (Å²) in [6.45, 7) is 4.10. The van der Waals surface area contributed by atoms with Crippen LogP contribution in [0.4, 0.5) is 0 Å². The summed E-state index contributed by atoms with van der Waals surface area (Å²) in [5.74, 6) is 0.714. The van der Waals surface area contributed by atoms with Crippen LogP contribution < -0.4 is 4.74 Å². The molecule has 0 saturated carbocycles. The molecule has 26 heavy (non-hydrogen) atoms. The molecule has 0 N–H and O–H groups in total. The highest BCUT2D eigenvalue weighted by Crippen LogP contribution is 2.27. The van der Waals surface area contributed by atoms with E-state index >= 15 is 0 Å². The molecule has 1 fully saturated rings. The van der Waals surface area contributed by atoms with E-state index in [9.17, 15) is 8.42 Å². The van der Waals surface area contributed by atoms with Gasteiger partial charge in [-0.3, -0.25) is 0 Å². The molecule has 1 heterocycles. The third kappa shape index (κ3) is 4.05. The summed E-state index contributed by atoms with van der Waals surface area (Å²) in [6.07, 6.45) is 0. The zero-order valence-corrected chi connectivity index (χ0v) is 15.7. The molecule has 1 aliphatic rings. The molecule has 0 bridgehead atoms. The number of benzene rings is 2. The molecule has 138 valence electrons. The predicted octanol–water partition coefficient (Wildman–Crippen LogP) is 2.47. The number of sulfonamides is 1. The molecule has 1 saturated heterocycles. The van der Waals surface area contributed by atoms with E-state index in [2.05, 4.69) is 4.40 Å². The van der Waals surface area contributed by atoms with Gasteiger partial charge in [-0.1, -0.05) is 36.4 Å². The van der Waals surface area contributed by atoms with E-state index in [0.717, 1.165) is 11.1 Å². The minimum absolute atomic E-state index is 0.0710. The summed E-state index contributed by atoms with van der Waals surface area (Å²) in [5, 5.41) is 0. The van der Waals surface area contributed by atoms with Crippen molar-refractivity contribution in [1.29, 1.82) is 0 Å². The van der Waals surface area contributed by atoms with Gasteiger partial charge in [0.25, 0.3) is 10.0 Å². The first kappa shape index (κ1) is 18.4. The second-order valence-electron chi connectivity index (χ2n) is 6.01. The SMILES string of the molecule is COc1ccc(C)cc1S(=O)(=O)N=C(c1ccccc1)N1CCOCC1. The lowest BCUT2D eigenvalue weighted by Gasteiger charge is -2.29. The van der Waals surface area contributed by atoms with Gasteiger partial charge < -0.3 is 14.4 Å². The fourth-order valence-electron chi connectivity index (χ4n) is 2.80. The van der Waals surface area contributed by atoms with Crippen molar-refractivity contribution in [2.75, 3.05) is 33.4 Å². The van der Waals surface area contributed by atoms with Crippen LogP contribution in [0.25, 0.3) is 0 Å². The van der Waals surface area contributed by atoms with Gasteiger partial charge in [-0.25, -0.2) is 0 Å². The van der Waals surface area contributed by atoms with E-state index in [1.54, 1.807) is 12.1 Å². The molecule has 2 aromatic rings. The van der Waals surface area contributed by atoms with Crippen molar-refractivity contribution in [3.8, 4) is 5.75 Å². The first-order valence-corrected chi connectivity index (χ1v) is 9.83. The predicted molar refractivity (Wildman–Crippen MR) is 100 cm³/mol. The number of amidine groups is 1. The number of rotatable bonds is 4. The van der Waals surface area contributed by atoms with Crippen LogP contribution in [-0.2, 0) is 14.8 Å². The lowest BCUT2D eigenvalue weighted by molar-refractivity contribution is 0.0683. The van der Waals surface area contributed by atoms with Gasteiger partial charge in [-0.2, -0.15) is 8.42 Å². The first-order chi connectivity index (χ1) is 12.5. The Balaban J connectivity index is 2.11. The van der Waals surface area contributed by atoms with E-state index in [0.29, 0.717) is 32.1 Å². The van der Waals surface area contributed by atoms with Crippen molar-refractivity contribution in [3.63, 3.8) is 0 Å². The summed E-state index contributed by atoms with van der Waals surface area (Å²) >= 11 is 0. The molecule has 0 radical (unpaired) electrons. The normalized spacial score (nSPS) is 15.8. The van der Waals surface area contributed by atoms with E-state index < -0.39 is 10.0 Å². The number of aryl methyl sites for hydroxylation is 1. The molecular formula is C19H22N2O4S. The van der Waals surface area contributed by atoms with Crippen LogP contribution in [-0.4, -0.2) is 52.6 Å². The van der Waals surface area contributed by atoms with Crippen molar-refractivity contribution in [3.05, 3.63) is 59.7 Å². The van der Waals surface area contributed by atoms with Gasteiger partial charge in [0.1, 0.15) is 16.5 Å². The molecule has 7 heteroatoms. The highest BCUT2D eigenvalue weighted by Gasteiger charge is 2.24. The third-order valence-corrected chi connectivity index (χ3v) is 5.43. The number of methoxy groups -OCH3 is 1. The maximum atomic E-state index is 13.1.